The lowest BCUT2D eigenvalue weighted by molar-refractivity contribution is 0.668. The van der Waals surface area contributed by atoms with Gasteiger partial charge in [-0.1, -0.05) is 72.8 Å². The molecule has 0 aliphatic heterocycles. The molecule has 0 unspecified atom stereocenters. The highest BCUT2D eigenvalue weighted by Crippen LogP contribution is 2.44. The Hall–Kier alpha value is -5.58. The van der Waals surface area contributed by atoms with Gasteiger partial charge in [0.25, 0.3) is 0 Å². The van der Waals surface area contributed by atoms with E-state index in [1.165, 1.54) is 30.9 Å². The highest BCUT2D eigenvalue weighted by atomic mass is 32.1. The Morgan fingerprint density at radius 1 is 0.386 bits per heavy atom. The summed E-state index contributed by atoms with van der Waals surface area (Å²) >= 11 is 1.84. The summed E-state index contributed by atoms with van der Waals surface area (Å²) in [6.45, 7) is 0. The number of thiophene rings is 1. The summed E-state index contributed by atoms with van der Waals surface area (Å²) in [5.41, 5.74) is 6.91. The molecule has 206 valence electrons. The van der Waals surface area contributed by atoms with Crippen molar-refractivity contribution in [2.45, 2.75) is 0 Å². The monoisotopic (exact) mass is 581 g/mol. The average Bonchev–Trinajstić information content (AvgIpc) is 3.75. The summed E-state index contributed by atoms with van der Waals surface area (Å²) in [5, 5.41) is 9.49. The van der Waals surface area contributed by atoms with Gasteiger partial charge >= 0.3 is 0 Å². The zero-order valence-electron chi connectivity index (χ0n) is 23.5. The third-order valence-electron chi connectivity index (χ3n) is 8.84. The number of rotatable bonds is 3. The van der Waals surface area contributed by atoms with Crippen LogP contribution in [0, 0.1) is 0 Å². The topological polar surface area (TPSA) is 29.5 Å². The average molecular weight is 582 g/mol. The van der Waals surface area contributed by atoms with Crippen molar-refractivity contribution in [3.63, 3.8) is 0 Å². The molecule has 10 aromatic rings. The van der Waals surface area contributed by atoms with Crippen LogP contribution in [0.4, 0.5) is 17.1 Å². The Morgan fingerprint density at radius 2 is 0.977 bits per heavy atom. The van der Waals surface area contributed by atoms with Gasteiger partial charge in [0, 0.05) is 58.8 Å². The van der Waals surface area contributed by atoms with E-state index < -0.39 is 0 Å². The molecule has 0 saturated heterocycles. The Morgan fingerprint density at radius 3 is 1.86 bits per heavy atom. The Balaban J connectivity index is 1.22. The molecule has 0 fully saturated rings. The fourth-order valence-corrected chi connectivity index (χ4v) is 7.97. The van der Waals surface area contributed by atoms with Crippen molar-refractivity contribution in [2.75, 3.05) is 4.90 Å². The van der Waals surface area contributed by atoms with Crippen LogP contribution in [-0.4, -0.2) is 0 Å². The number of hydrogen-bond donors (Lipinski definition) is 0. The molecule has 3 nitrogen and oxygen atoms in total. The van der Waals surface area contributed by atoms with E-state index >= 15 is 0 Å². The lowest BCUT2D eigenvalue weighted by atomic mass is 10.0. The second-order valence-electron chi connectivity index (χ2n) is 11.3. The molecule has 0 saturated carbocycles. The third-order valence-corrected chi connectivity index (χ3v) is 9.97. The van der Waals surface area contributed by atoms with Gasteiger partial charge in [0.1, 0.15) is 22.3 Å². The first-order valence-corrected chi connectivity index (χ1v) is 15.6. The molecule has 0 aliphatic carbocycles. The summed E-state index contributed by atoms with van der Waals surface area (Å²) < 4.78 is 15.0. The first-order valence-electron chi connectivity index (χ1n) is 14.8. The van der Waals surface area contributed by atoms with Crippen molar-refractivity contribution in [2.24, 2.45) is 0 Å². The molecule has 0 radical (unpaired) electrons. The van der Waals surface area contributed by atoms with Crippen molar-refractivity contribution in [1.29, 1.82) is 0 Å². The van der Waals surface area contributed by atoms with Gasteiger partial charge < -0.3 is 13.7 Å². The number of hydrogen-bond acceptors (Lipinski definition) is 4. The maximum Gasteiger partial charge on any atom is 0.136 e. The zero-order valence-corrected chi connectivity index (χ0v) is 24.3. The van der Waals surface area contributed by atoms with Crippen LogP contribution in [0.3, 0.4) is 0 Å². The van der Waals surface area contributed by atoms with Crippen LogP contribution in [0.2, 0.25) is 0 Å². The van der Waals surface area contributed by atoms with Crippen molar-refractivity contribution in [1.82, 2.24) is 0 Å². The molecule has 10 rings (SSSR count). The van der Waals surface area contributed by atoms with Gasteiger partial charge in [-0.2, -0.15) is 0 Å². The molecule has 44 heavy (non-hydrogen) atoms. The summed E-state index contributed by atoms with van der Waals surface area (Å²) in [5.74, 6) is 0. The van der Waals surface area contributed by atoms with Gasteiger partial charge in [0.2, 0.25) is 0 Å². The Bertz CT molecular complexity index is 2750. The van der Waals surface area contributed by atoms with Crippen molar-refractivity contribution in [3.05, 3.63) is 140 Å². The lowest BCUT2D eigenvalue weighted by Gasteiger charge is -2.26. The number of fused-ring (bicyclic) bond motifs is 11. The van der Waals surface area contributed by atoms with Crippen molar-refractivity contribution >= 4 is 103 Å². The van der Waals surface area contributed by atoms with Crippen molar-refractivity contribution in [3.8, 4) is 0 Å². The highest BCUT2D eigenvalue weighted by molar-refractivity contribution is 7.25. The molecule has 0 bridgehead atoms. The molecule has 0 N–H and O–H groups in total. The molecule has 0 aliphatic rings. The molecule has 0 amide bonds. The largest absolute Gasteiger partial charge is 0.456 e. The van der Waals surface area contributed by atoms with Gasteiger partial charge in [-0.3, -0.25) is 0 Å². The van der Waals surface area contributed by atoms with E-state index in [1.807, 2.05) is 35.6 Å². The predicted octanol–water partition coefficient (Wildman–Crippen LogP) is 12.5. The minimum Gasteiger partial charge on any atom is -0.456 e. The number of benzene rings is 7. The van der Waals surface area contributed by atoms with Crippen LogP contribution in [0.5, 0.6) is 0 Å². The van der Waals surface area contributed by atoms with E-state index in [0.29, 0.717) is 0 Å². The number of nitrogens with zero attached hydrogens (tertiary/aromatic N) is 1. The van der Waals surface area contributed by atoms with E-state index in [2.05, 4.69) is 120 Å². The standard InChI is InChI=1S/C40H23NO2S/c1-4-10-34-29(7-1)33-22-26(16-20-36(33)42-34)41(27-15-18-31-30-8-3-6-12-38(30)44-39(31)23-27)25-14-17-28-24(21-25)13-19-37-40(28)32-9-2-5-11-35(32)43-37/h1-23H. The zero-order chi connectivity index (χ0) is 28.8. The molecular weight excluding hydrogens is 559 g/mol. The molecular formula is C40H23NO2S. The summed E-state index contributed by atoms with van der Waals surface area (Å²) in [7, 11) is 0. The molecule has 7 aromatic carbocycles. The predicted molar refractivity (Wildman–Crippen MR) is 186 cm³/mol. The highest BCUT2D eigenvalue weighted by Gasteiger charge is 2.18. The lowest BCUT2D eigenvalue weighted by Crippen LogP contribution is -2.09. The van der Waals surface area contributed by atoms with Crippen molar-refractivity contribution < 1.29 is 8.83 Å². The van der Waals surface area contributed by atoms with Crippen LogP contribution in [0.1, 0.15) is 0 Å². The normalized spacial score (nSPS) is 12.1. The first-order chi connectivity index (χ1) is 21.8. The maximum absolute atomic E-state index is 6.19. The van der Waals surface area contributed by atoms with E-state index in [-0.39, 0.29) is 0 Å². The van der Waals surface area contributed by atoms with Gasteiger partial charge in [-0.05, 0) is 77.5 Å². The molecule has 0 spiro atoms. The fourth-order valence-electron chi connectivity index (χ4n) is 6.83. The van der Waals surface area contributed by atoms with Crippen LogP contribution in [0.15, 0.2) is 148 Å². The van der Waals surface area contributed by atoms with Crippen LogP contribution in [-0.2, 0) is 0 Å². The molecule has 4 heteroatoms. The molecule has 0 atom stereocenters. The SMILES string of the molecule is c1ccc2c(c1)oc1ccc(N(c3ccc4c(ccc5oc6ccccc6c54)c3)c3ccc4c(c3)sc3ccccc34)cc12. The van der Waals surface area contributed by atoms with Gasteiger partial charge in [0.05, 0.1) is 0 Å². The minimum atomic E-state index is 0.891. The number of anilines is 3. The van der Waals surface area contributed by atoms with Gasteiger partial charge in [-0.15, -0.1) is 11.3 Å². The number of para-hydroxylation sites is 2. The summed E-state index contributed by atoms with van der Waals surface area (Å²) in [6, 6.07) is 49.6. The second kappa shape index (κ2) is 8.96. The maximum atomic E-state index is 6.19. The van der Waals surface area contributed by atoms with Crippen LogP contribution >= 0.6 is 11.3 Å². The fraction of sp³-hybridized carbons (Fsp3) is 0. The quantitative estimate of drug-likeness (QED) is 0.208. The van der Waals surface area contributed by atoms with E-state index in [9.17, 15) is 0 Å². The minimum absolute atomic E-state index is 0.891. The second-order valence-corrected chi connectivity index (χ2v) is 12.4. The molecule has 3 aromatic heterocycles. The molecule has 3 heterocycles. The first kappa shape index (κ1) is 23.9. The van der Waals surface area contributed by atoms with Gasteiger partial charge in [0.15, 0.2) is 0 Å². The third kappa shape index (κ3) is 3.43. The summed E-state index contributed by atoms with van der Waals surface area (Å²) in [6.07, 6.45) is 0. The summed E-state index contributed by atoms with van der Waals surface area (Å²) in [4.78, 5) is 2.36. The Kier molecular flexibility index (Phi) is 4.87. The Labute approximate surface area is 255 Å². The van der Waals surface area contributed by atoms with Crippen LogP contribution < -0.4 is 4.90 Å². The van der Waals surface area contributed by atoms with Gasteiger partial charge in [-0.25, -0.2) is 0 Å². The van der Waals surface area contributed by atoms with E-state index in [1.54, 1.807) is 0 Å². The van der Waals surface area contributed by atoms with E-state index in [4.69, 9.17) is 8.83 Å². The number of furan rings is 2. The van der Waals surface area contributed by atoms with Crippen LogP contribution in [0.25, 0.3) is 74.8 Å². The smallest absolute Gasteiger partial charge is 0.136 e. The van der Waals surface area contributed by atoms with E-state index in [0.717, 1.165) is 60.9 Å².